The minimum Gasteiger partial charge on any atom is -0.396 e. The number of aromatic nitrogens is 2. The molecule has 1 aromatic rings. The summed E-state index contributed by atoms with van der Waals surface area (Å²) in [6, 6.07) is 0. The maximum absolute atomic E-state index is 9.16. The Morgan fingerprint density at radius 1 is 1.50 bits per heavy atom. The molecule has 1 atom stereocenters. The molecule has 1 aromatic heterocycles. The Hall–Kier alpha value is -0.870. The Morgan fingerprint density at radius 2 is 2.31 bits per heavy atom. The van der Waals surface area contributed by atoms with Gasteiger partial charge >= 0.3 is 0 Å². The quantitative estimate of drug-likeness (QED) is 0.786. The Bertz CT molecular complexity index is 346. The number of rotatable bonds is 4. The van der Waals surface area contributed by atoms with Gasteiger partial charge in [-0.05, 0) is 39.3 Å². The SMILES string of the molecule is CN(C)CCc1nc2c([nH]1)CC(CO)CC2. The Morgan fingerprint density at radius 3 is 3.00 bits per heavy atom. The van der Waals surface area contributed by atoms with Gasteiger partial charge in [-0.15, -0.1) is 0 Å². The highest BCUT2D eigenvalue weighted by molar-refractivity contribution is 5.18. The number of aliphatic hydroxyl groups is 1. The monoisotopic (exact) mass is 223 g/mol. The summed E-state index contributed by atoms with van der Waals surface area (Å²) in [7, 11) is 4.15. The van der Waals surface area contributed by atoms with Gasteiger partial charge in [-0.2, -0.15) is 0 Å². The van der Waals surface area contributed by atoms with E-state index in [0.29, 0.717) is 12.5 Å². The maximum Gasteiger partial charge on any atom is 0.107 e. The van der Waals surface area contributed by atoms with Crippen LogP contribution in [-0.2, 0) is 19.3 Å². The van der Waals surface area contributed by atoms with Gasteiger partial charge in [0.05, 0.1) is 5.69 Å². The van der Waals surface area contributed by atoms with Crippen molar-refractivity contribution in [2.45, 2.75) is 25.7 Å². The molecule has 0 fully saturated rings. The number of aliphatic hydroxyl groups excluding tert-OH is 1. The Balaban J connectivity index is 2.01. The van der Waals surface area contributed by atoms with Crippen molar-refractivity contribution in [2.75, 3.05) is 27.2 Å². The van der Waals surface area contributed by atoms with E-state index < -0.39 is 0 Å². The number of nitrogens with zero attached hydrogens (tertiary/aromatic N) is 2. The van der Waals surface area contributed by atoms with E-state index in [1.165, 1.54) is 11.4 Å². The Kier molecular flexibility index (Phi) is 3.61. The van der Waals surface area contributed by atoms with Crippen molar-refractivity contribution in [3.8, 4) is 0 Å². The highest BCUT2D eigenvalue weighted by Crippen LogP contribution is 2.23. The zero-order chi connectivity index (χ0) is 11.5. The molecule has 0 bridgehead atoms. The summed E-state index contributed by atoms with van der Waals surface area (Å²) in [5, 5.41) is 9.16. The van der Waals surface area contributed by atoms with Gasteiger partial charge < -0.3 is 15.0 Å². The number of hydrogen-bond acceptors (Lipinski definition) is 3. The van der Waals surface area contributed by atoms with E-state index in [1.807, 2.05) is 0 Å². The minimum absolute atomic E-state index is 0.297. The van der Waals surface area contributed by atoms with Gasteiger partial charge in [0.2, 0.25) is 0 Å². The predicted octanol–water partition coefficient (Wildman–Crippen LogP) is 0.611. The lowest BCUT2D eigenvalue weighted by Crippen LogP contribution is -2.17. The lowest BCUT2D eigenvalue weighted by molar-refractivity contribution is 0.212. The zero-order valence-electron chi connectivity index (χ0n) is 10.2. The molecule has 0 saturated heterocycles. The van der Waals surface area contributed by atoms with E-state index in [2.05, 4.69) is 29.0 Å². The highest BCUT2D eigenvalue weighted by Gasteiger charge is 2.21. The number of hydrogen-bond donors (Lipinski definition) is 2. The second-order valence-corrected chi connectivity index (χ2v) is 4.95. The van der Waals surface area contributed by atoms with E-state index in [0.717, 1.165) is 38.1 Å². The van der Waals surface area contributed by atoms with E-state index in [9.17, 15) is 0 Å². The number of nitrogens with one attached hydrogen (secondary N) is 1. The van der Waals surface area contributed by atoms with Gasteiger partial charge in [0.1, 0.15) is 5.82 Å². The summed E-state index contributed by atoms with van der Waals surface area (Å²) >= 11 is 0. The molecule has 4 nitrogen and oxygen atoms in total. The molecular formula is C12H21N3O. The zero-order valence-corrected chi connectivity index (χ0v) is 10.2. The van der Waals surface area contributed by atoms with E-state index in [4.69, 9.17) is 5.11 Å². The van der Waals surface area contributed by atoms with Crippen LogP contribution in [0.15, 0.2) is 0 Å². The fourth-order valence-corrected chi connectivity index (χ4v) is 2.22. The van der Waals surface area contributed by atoms with Crippen LogP contribution in [0, 0.1) is 5.92 Å². The van der Waals surface area contributed by atoms with Gasteiger partial charge in [-0.3, -0.25) is 0 Å². The standard InChI is InChI=1S/C12H21N3O/c1-15(2)6-5-12-13-10-4-3-9(8-16)7-11(10)14-12/h9,16H,3-8H2,1-2H3,(H,13,14). The molecular weight excluding hydrogens is 202 g/mol. The predicted molar refractivity (Wildman–Crippen MR) is 63.4 cm³/mol. The van der Waals surface area contributed by atoms with Crippen LogP contribution < -0.4 is 0 Å². The number of likely N-dealkylation sites (N-methyl/N-ethyl adjacent to an activating group) is 1. The van der Waals surface area contributed by atoms with Crippen molar-refractivity contribution in [3.05, 3.63) is 17.2 Å². The van der Waals surface area contributed by atoms with Crippen LogP contribution in [0.4, 0.5) is 0 Å². The molecule has 0 radical (unpaired) electrons. The van der Waals surface area contributed by atoms with Crippen LogP contribution in [-0.4, -0.2) is 47.2 Å². The number of fused-ring (bicyclic) bond motifs is 1. The first-order valence-corrected chi connectivity index (χ1v) is 6.01. The Labute approximate surface area is 96.7 Å². The molecule has 90 valence electrons. The third kappa shape index (κ3) is 2.62. The number of imidazole rings is 1. The molecule has 1 aliphatic rings. The van der Waals surface area contributed by atoms with Crippen LogP contribution in [0.2, 0.25) is 0 Å². The molecule has 2 rings (SSSR count). The van der Waals surface area contributed by atoms with Crippen molar-refractivity contribution in [1.29, 1.82) is 0 Å². The van der Waals surface area contributed by atoms with Crippen molar-refractivity contribution in [2.24, 2.45) is 5.92 Å². The van der Waals surface area contributed by atoms with Crippen LogP contribution >= 0.6 is 0 Å². The van der Waals surface area contributed by atoms with Gasteiger partial charge in [0.25, 0.3) is 0 Å². The van der Waals surface area contributed by atoms with Gasteiger partial charge in [0.15, 0.2) is 0 Å². The van der Waals surface area contributed by atoms with Crippen molar-refractivity contribution < 1.29 is 5.11 Å². The van der Waals surface area contributed by atoms with E-state index >= 15 is 0 Å². The fraction of sp³-hybridized carbons (Fsp3) is 0.750. The topological polar surface area (TPSA) is 52.2 Å². The summed E-state index contributed by atoms with van der Waals surface area (Å²) in [6.07, 6.45) is 4.02. The summed E-state index contributed by atoms with van der Waals surface area (Å²) in [5.41, 5.74) is 2.47. The summed E-state index contributed by atoms with van der Waals surface area (Å²) in [4.78, 5) is 10.2. The third-order valence-corrected chi connectivity index (χ3v) is 3.25. The van der Waals surface area contributed by atoms with Gasteiger partial charge in [0, 0.05) is 25.3 Å². The van der Waals surface area contributed by atoms with Crippen molar-refractivity contribution >= 4 is 0 Å². The van der Waals surface area contributed by atoms with Gasteiger partial charge in [-0.25, -0.2) is 4.98 Å². The smallest absolute Gasteiger partial charge is 0.107 e. The first kappa shape index (κ1) is 11.6. The van der Waals surface area contributed by atoms with E-state index in [-0.39, 0.29) is 0 Å². The summed E-state index contributed by atoms with van der Waals surface area (Å²) in [6.45, 7) is 1.32. The molecule has 0 aliphatic heterocycles. The van der Waals surface area contributed by atoms with Crippen LogP contribution in [0.3, 0.4) is 0 Å². The molecule has 4 heteroatoms. The molecule has 1 aliphatic carbocycles. The molecule has 2 N–H and O–H groups in total. The number of aryl methyl sites for hydroxylation is 1. The summed E-state index contributed by atoms with van der Waals surface area (Å²) < 4.78 is 0. The molecule has 1 unspecified atom stereocenters. The average molecular weight is 223 g/mol. The maximum atomic E-state index is 9.16. The molecule has 0 spiro atoms. The lowest BCUT2D eigenvalue weighted by Gasteiger charge is -2.18. The normalized spacial score (nSPS) is 20.1. The third-order valence-electron chi connectivity index (χ3n) is 3.25. The largest absolute Gasteiger partial charge is 0.396 e. The van der Waals surface area contributed by atoms with Crippen LogP contribution in [0.25, 0.3) is 0 Å². The molecule has 0 amide bonds. The van der Waals surface area contributed by atoms with E-state index in [1.54, 1.807) is 0 Å². The minimum atomic E-state index is 0.297. The van der Waals surface area contributed by atoms with Crippen molar-refractivity contribution in [3.63, 3.8) is 0 Å². The number of aromatic amines is 1. The first-order valence-electron chi connectivity index (χ1n) is 6.01. The second-order valence-electron chi connectivity index (χ2n) is 4.95. The molecule has 16 heavy (non-hydrogen) atoms. The fourth-order valence-electron chi connectivity index (χ4n) is 2.22. The summed E-state index contributed by atoms with van der Waals surface area (Å²) in [5.74, 6) is 1.52. The molecule has 0 aromatic carbocycles. The first-order chi connectivity index (χ1) is 7.69. The average Bonchev–Trinajstić information content (AvgIpc) is 2.67. The lowest BCUT2D eigenvalue weighted by atomic mass is 9.91. The van der Waals surface area contributed by atoms with Crippen LogP contribution in [0.1, 0.15) is 23.6 Å². The molecule has 1 heterocycles. The second kappa shape index (κ2) is 4.97. The highest BCUT2D eigenvalue weighted by atomic mass is 16.3. The van der Waals surface area contributed by atoms with Crippen LogP contribution in [0.5, 0.6) is 0 Å². The number of H-pyrrole nitrogens is 1. The van der Waals surface area contributed by atoms with Gasteiger partial charge in [-0.1, -0.05) is 0 Å². The molecule has 0 saturated carbocycles. The van der Waals surface area contributed by atoms with Crippen molar-refractivity contribution in [1.82, 2.24) is 14.9 Å².